The van der Waals surface area contributed by atoms with Gasteiger partial charge in [-0.05, 0) is 36.8 Å². The summed E-state index contributed by atoms with van der Waals surface area (Å²) in [4.78, 5) is 13.4. The molecule has 1 aliphatic heterocycles. The minimum absolute atomic E-state index is 0.0225. The largest absolute Gasteiger partial charge is 0.468 e. The van der Waals surface area contributed by atoms with Gasteiger partial charge in [-0.1, -0.05) is 23.7 Å². The molecule has 0 fully saturated rings. The molecular weight excluding hydrogens is 378 g/mol. The molecule has 0 saturated heterocycles. The average Bonchev–Trinajstić information content (AvgIpc) is 3.20. The lowest BCUT2D eigenvalue weighted by Gasteiger charge is -2.26. The number of furan rings is 1. The molecule has 0 aliphatic carbocycles. The molecule has 7 heteroatoms. The van der Waals surface area contributed by atoms with E-state index in [-0.39, 0.29) is 17.0 Å². The lowest BCUT2D eigenvalue weighted by molar-refractivity contribution is 0.379. The predicted octanol–water partition coefficient (Wildman–Crippen LogP) is 3.67. The lowest BCUT2D eigenvalue weighted by Crippen LogP contribution is -2.32. The molecule has 0 unspecified atom stereocenters. The minimum atomic E-state index is -0.715. The Morgan fingerprint density at radius 2 is 2.04 bits per heavy atom. The third-order valence-electron chi connectivity index (χ3n) is 4.77. The molecule has 2 aromatic heterocycles. The molecular formula is C21H16ClN3O3. The molecule has 0 radical (unpaired) electrons. The van der Waals surface area contributed by atoms with E-state index in [1.54, 1.807) is 34.9 Å². The van der Waals surface area contributed by atoms with E-state index >= 15 is 0 Å². The highest BCUT2D eigenvalue weighted by molar-refractivity contribution is 6.30. The summed E-state index contributed by atoms with van der Waals surface area (Å²) >= 11 is 5.95. The van der Waals surface area contributed by atoms with Crippen molar-refractivity contribution in [3.05, 3.63) is 98.1 Å². The van der Waals surface area contributed by atoms with Crippen molar-refractivity contribution in [3.8, 4) is 11.8 Å². The molecule has 1 aromatic carbocycles. The molecule has 3 aromatic rings. The molecule has 3 heterocycles. The molecule has 28 heavy (non-hydrogen) atoms. The van der Waals surface area contributed by atoms with Gasteiger partial charge in [0.1, 0.15) is 23.2 Å². The summed E-state index contributed by atoms with van der Waals surface area (Å²) < 4.78 is 12.8. The van der Waals surface area contributed by atoms with Gasteiger partial charge in [0.2, 0.25) is 5.88 Å². The highest BCUT2D eigenvalue weighted by Crippen LogP contribution is 2.40. The standard InChI is InChI=1S/C21H16ClN3O3/c1-12-9-17-19(21(26)25(12)11-13-4-6-14(22)7-5-13)18(16-3-2-8-27-16)15(10-23)20(24)28-17/h2-9,18H,11,24H2,1H3/t18-/m0/s1. The van der Waals surface area contributed by atoms with Crippen molar-refractivity contribution in [2.45, 2.75) is 19.4 Å². The minimum Gasteiger partial charge on any atom is -0.468 e. The molecule has 4 rings (SSSR count). The zero-order chi connectivity index (χ0) is 19.8. The molecule has 1 atom stereocenters. The van der Waals surface area contributed by atoms with Crippen LogP contribution in [0.1, 0.15) is 28.5 Å². The van der Waals surface area contributed by atoms with Gasteiger partial charge in [0.15, 0.2) is 0 Å². The maximum Gasteiger partial charge on any atom is 0.259 e. The first-order chi connectivity index (χ1) is 13.5. The van der Waals surface area contributed by atoms with Crippen LogP contribution < -0.4 is 16.0 Å². The van der Waals surface area contributed by atoms with Crippen molar-refractivity contribution in [3.63, 3.8) is 0 Å². The zero-order valence-corrected chi connectivity index (χ0v) is 15.7. The smallest absolute Gasteiger partial charge is 0.259 e. The number of aryl methyl sites for hydroxylation is 1. The highest BCUT2D eigenvalue weighted by atomic mass is 35.5. The third-order valence-corrected chi connectivity index (χ3v) is 5.02. The number of rotatable bonds is 3. The van der Waals surface area contributed by atoms with Crippen molar-refractivity contribution in [2.24, 2.45) is 5.73 Å². The van der Waals surface area contributed by atoms with Crippen LogP contribution >= 0.6 is 11.6 Å². The van der Waals surface area contributed by atoms with E-state index in [1.807, 2.05) is 19.1 Å². The molecule has 140 valence electrons. The number of halogens is 1. The Balaban J connectivity index is 1.89. The van der Waals surface area contributed by atoms with Crippen LogP contribution in [0.2, 0.25) is 5.02 Å². The maximum atomic E-state index is 13.4. The second kappa shape index (κ2) is 6.95. The molecule has 0 spiro atoms. The van der Waals surface area contributed by atoms with Crippen LogP contribution in [0.4, 0.5) is 0 Å². The number of hydrogen-bond donors (Lipinski definition) is 1. The van der Waals surface area contributed by atoms with Gasteiger partial charge < -0.3 is 19.5 Å². The van der Waals surface area contributed by atoms with Crippen molar-refractivity contribution >= 4 is 11.6 Å². The maximum absolute atomic E-state index is 13.4. The van der Waals surface area contributed by atoms with Crippen molar-refractivity contribution < 1.29 is 9.15 Å². The fourth-order valence-electron chi connectivity index (χ4n) is 3.40. The lowest BCUT2D eigenvalue weighted by atomic mass is 9.88. The Hall–Kier alpha value is -3.43. The normalized spacial score (nSPS) is 15.7. The fraction of sp³-hybridized carbons (Fsp3) is 0.143. The molecule has 0 amide bonds. The number of ether oxygens (including phenoxy) is 1. The number of hydrogen-bond acceptors (Lipinski definition) is 5. The zero-order valence-electron chi connectivity index (χ0n) is 15.0. The second-order valence-corrected chi connectivity index (χ2v) is 6.96. The number of nitrogens with zero attached hydrogens (tertiary/aromatic N) is 2. The topological polar surface area (TPSA) is 94.2 Å². The van der Waals surface area contributed by atoms with Crippen LogP contribution in [0.25, 0.3) is 0 Å². The van der Waals surface area contributed by atoms with Gasteiger partial charge in [-0.2, -0.15) is 5.26 Å². The van der Waals surface area contributed by atoms with Crippen LogP contribution in [-0.4, -0.2) is 4.57 Å². The first kappa shape index (κ1) is 18.0. The van der Waals surface area contributed by atoms with E-state index in [1.165, 1.54) is 6.26 Å². The SMILES string of the molecule is Cc1cc2c(c(=O)n1Cc1ccc(Cl)cc1)[C@H](c1ccco1)C(C#N)=C(N)O2. The Morgan fingerprint density at radius 3 is 2.68 bits per heavy atom. The average molecular weight is 394 g/mol. The van der Waals surface area contributed by atoms with Crippen LogP contribution in [0.15, 0.2) is 69.4 Å². The van der Waals surface area contributed by atoms with Crippen molar-refractivity contribution in [1.82, 2.24) is 4.57 Å². The van der Waals surface area contributed by atoms with E-state index in [2.05, 4.69) is 6.07 Å². The van der Waals surface area contributed by atoms with E-state index in [0.29, 0.717) is 34.3 Å². The highest BCUT2D eigenvalue weighted by Gasteiger charge is 2.36. The summed E-state index contributed by atoms with van der Waals surface area (Å²) in [6.07, 6.45) is 1.50. The van der Waals surface area contributed by atoms with E-state index in [4.69, 9.17) is 26.5 Å². The number of fused-ring (bicyclic) bond motifs is 1. The Kier molecular flexibility index (Phi) is 4.46. The molecule has 6 nitrogen and oxygen atoms in total. The number of allylic oxidation sites excluding steroid dienone is 1. The second-order valence-electron chi connectivity index (χ2n) is 6.52. The first-order valence-electron chi connectivity index (χ1n) is 8.59. The summed E-state index contributed by atoms with van der Waals surface area (Å²) in [6.45, 7) is 2.18. The van der Waals surface area contributed by atoms with Crippen LogP contribution in [0, 0.1) is 18.3 Å². The quantitative estimate of drug-likeness (QED) is 0.732. The Labute approximate surface area is 166 Å². The number of benzene rings is 1. The van der Waals surface area contributed by atoms with Gasteiger partial charge in [0, 0.05) is 16.8 Å². The molecule has 1 aliphatic rings. The molecule has 0 bridgehead atoms. The van der Waals surface area contributed by atoms with Crippen LogP contribution in [0.3, 0.4) is 0 Å². The fourth-order valence-corrected chi connectivity index (χ4v) is 3.52. The van der Waals surface area contributed by atoms with Gasteiger partial charge in [-0.25, -0.2) is 0 Å². The van der Waals surface area contributed by atoms with Crippen LogP contribution in [-0.2, 0) is 6.54 Å². The van der Waals surface area contributed by atoms with Gasteiger partial charge in [0.05, 0.1) is 24.3 Å². The predicted molar refractivity (Wildman–Crippen MR) is 104 cm³/mol. The van der Waals surface area contributed by atoms with E-state index < -0.39 is 5.92 Å². The number of pyridine rings is 1. The molecule has 0 saturated carbocycles. The summed E-state index contributed by atoms with van der Waals surface area (Å²) in [5, 5.41) is 10.2. The number of aromatic nitrogens is 1. The van der Waals surface area contributed by atoms with Crippen molar-refractivity contribution in [2.75, 3.05) is 0 Å². The van der Waals surface area contributed by atoms with Gasteiger partial charge in [-0.3, -0.25) is 4.79 Å². The van der Waals surface area contributed by atoms with E-state index in [9.17, 15) is 10.1 Å². The van der Waals surface area contributed by atoms with Gasteiger partial charge >= 0.3 is 0 Å². The van der Waals surface area contributed by atoms with Gasteiger partial charge in [0.25, 0.3) is 5.56 Å². The summed E-state index contributed by atoms with van der Waals surface area (Å²) in [6, 6.07) is 14.5. The Bertz CT molecular complexity index is 1170. The summed E-state index contributed by atoms with van der Waals surface area (Å²) in [5.41, 5.74) is 7.82. The monoisotopic (exact) mass is 393 g/mol. The summed E-state index contributed by atoms with van der Waals surface area (Å²) in [7, 11) is 0. The third kappa shape index (κ3) is 2.96. The Morgan fingerprint density at radius 1 is 1.29 bits per heavy atom. The van der Waals surface area contributed by atoms with Gasteiger partial charge in [-0.15, -0.1) is 0 Å². The number of nitrogens with two attached hydrogens (primary N) is 1. The van der Waals surface area contributed by atoms with Crippen LogP contribution in [0.5, 0.6) is 5.75 Å². The molecule has 2 N–H and O–H groups in total. The van der Waals surface area contributed by atoms with E-state index in [0.717, 1.165) is 5.56 Å². The van der Waals surface area contributed by atoms with Crippen molar-refractivity contribution in [1.29, 1.82) is 5.26 Å². The summed E-state index contributed by atoms with van der Waals surface area (Å²) in [5.74, 6) is 0.0646. The first-order valence-corrected chi connectivity index (χ1v) is 8.97. The number of nitriles is 1.